The smallest absolute Gasteiger partial charge is 0.164 e. The van der Waals surface area contributed by atoms with Crippen LogP contribution in [0.2, 0.25) is 0 Å². The van der Waals surface area contributed by atoms with Crippen molar-refractivity contribution in [1.29, 1.82) is 5.26 Å². The Kier molecular flexibility index (Phi) is 8.19. The van der Waals surface area contributed by atoms with Crippen LogP contribution in [-0.4, -0.2) is 15.0 Å². The molecule has 4 aliphatic rings. The maximum Gasteiger partial charge on any atom is 0.164 e. The standard InChI is InChI=1S/C54H42N4/c55-34-36-9-7-14-43(28-36)39-17-22-46(23-18-39)53-30-37-27-38(31-53)33-54(32-37,35-53)47-24-19-40(20-25-47)44-21-26-48-45(29-44)15-8-16-49(48)52-57-50(41-10-3-1-4-11-41)56-51(58-52)42-12-5-2-6-13-42/h1-26,28-29,37-38H,27,30-33,35H2. The van der Waals surface area contributed by atoms with Gasteiger partial charge in [0, 0.05) is 16.7 Å². The van der Waals surface area contributed by atoms with Gasteiger partial charge >= 0.3 is 0 Å². The topological polar surface area (TPSA) is 62.5 Å². The van der Waals surface area contributed by atoms with E-state index in [0.29, 0.717) is 23.0 Å². The van der Waals surface area contributed by atoms with Crippen molar-refractivity contribution in [3.8, 4) is 62.5 Å². The van der Waals surface area contributed by atoms with E-state index >= 15 is 0 Å². The maximum atomic E-state index is 9.44. The molecule has 4 fully saturated rings. The monoisotopic (exact) mass is 746 g/mol. The van der Waals surface area contributed by atoms with Crippen LogP contribution in [0.25, 0.3) is 67.2 Å². The van der Waals surface area contributed by atoms with E-state index in [4.69, 9.17) is 15.0 Å². The molecule has 4 nitrogen and oxygen atoms in total. The molecule has 1 heterocycles. The van der Waals surface area contributed by atoms with Gasteiger partial charge in [0.05, 0.1) is 11.6 Å². The molecule has 7 aromatic carbocycles. The fourth-order valence-corrected chi connectivity index (χ4v) is 11.3. The Morgan fingerprint density at radius 1 is 0.448 bits per heavy atom. The fourth-order valence-electron chi connectivity index (χ4n) is 11.3. The summed E-state index contributed by atoms with van der Waals surface area (Å²) in [6.45, 7) is 0. The predicted molar refractivity (Wildman–Crippen MR) is 234 cm³/mol. The molecule has 8 aromatic rings. The molecule has 2 atom stereocenters. The van der Waals surface area contributed by atoms with E-state index in [2.05, 4.69) is 97.1 Å². The number of aromatic nitrogens is 3. The van der Waals surface area contributed by atoms with Crippen molar-refractivity contribution in [3.05, 3.63) is 187 Å². The normalized spacial score (nSPS) is 21.8. The summed E-state index contributed by atoms with van der Waals surface area (Å²) in [4.78, 5) is 15.0. The maximum absolute atomic E-state index is 9.44. The van der Waals surface area contributed by atoms with E-state index in [9.17, 15) is 5.26 Å². The molecule has 4 heteroatoms. The van der Waals surface area contributed by atoms with Crippen LogP contribution in [0.5, 0.6) is 0 Å². The number of fused-ring (bicyclic) bond motifs is 1. The number of nitriles is 1. The number of rotatable bonds is 7. The third kappa shape index (κ3) is 6.01. The van der Waals surface area contributed by atoms with Crippen LogP contribution in [0.3, 0.4) is 0 Å². The van der Waals surface area contributed by atoms with Gasteiger partial charge in [0.1, 0.15) is 0 Å². The lowest BCUT2D eigenvalue weighted by Gasteiger charge is -2.63. The SMILES string of the molecule is N#Cc1cccc(-c2ccc(C34CC5CC(C3)CC(c3ccc(-c6ccc7c(-c8nc(-c9ccccc9)nc(-c9ccccc9)n8)cccc7c6)cc3)(C5)C4)cc2)c1. The number of nitrogens with zero attached hydrogens (tertiary/aromatic N) is 4. The molecular weight excluding hydrogens is 705 g/mol. The van der Waals surface area contributed by atoms with Crippen molar-refractivity contribution in [2.45, 2.75) is 49.4 Å². The molecular formula is C54H42N4. The molecule has 1 aromatic heterocycles. The average molecular weight is 747 g/mol. The van der Waals surface area contributed by atoms with E-state index < -0.39 is 0 Å². The van der Waals surface area contributed by atoms with Crippen LogP contribution >= 0.6 is 0 Å². The quantitative estimate of drug-likeness (QED) is 0.163. The molecule has 0 aliphatic heterocycles. The molecule has 12 rings (SSSR count). The van der Waals surface area contributed by atoms with Gasteiger partial charge in [0.2, 0.25) is 0 Å². The second-order valence-corrected chi connectivity index (χ2v) is 17.1. The van der Waals surface area contributed by atoms with Crippen LogP contribution in [0.4, 0.5) is 0 Å². The fraction of sp³-hybridized carbons (Fsp3) is 0.185. The van der Waals surface area contributed by atoms with Crippen molar-refractivity contribution in [2.75, 3.05) is 0 Å². The highest BCUT2D eigenvalue weighted by atomic mass is 15.0. The highest BCUT2D eigenvalue weighted by Gasteiger charge is 2.58. The summed E-state index contributed by atoms with van der Waals surface area (Å²) in [7, 11) is 0. The van der Waals surface area contributed by atoms with Crippen LogP contribution in [0.15, 0.2) is 170 Å². The Morgan fingerprint density at radius 3 is 1.52 bits per heavy atom. The van der Waals surface area contributed by atoms with Gasteiger partial charge in [-0.2, -0.15) is 5.26 Å². The zero-order chi connectivity index (χ0) is 38.7. The number of hydrogen-bond acceptors (Lipinski definition) is 4. The van der Waals surface area contributed by atoms with Gasteiger partial charge in [-0.05, 0) is 124 Å². The third-order valence-corrected chi connectivity index (χ3v) is 13.5. The van der Waals surface area contributed by atoms with E-state index in [1.807, 2.05) is 78.9 Å². The minimum Gasteiger partial charge on any atom is -0.208 e. The van der Waals surface area contributed by atoms with Crippen molar-refractivity contribution in [3.63, 3.8) is 0 Å². The average Bonchev–Trinajstić information content (AvgIpc) is 3.29. The van der Waals surface area contributed by atoms with Crippen molar-refractivity contribution in [1.82, 2.24) is 15.0 Å². The molecule has 0 saturated heterocycles. The summed E-state index contributed by atoms with van der Waals surface area (Å²) in [5, 5.41) is 11.7. The highest BCUT2D eigenvalue weighted by Crippen LogP contribution is 2.66. The summed E-state index contributed by atoms with van der Waals surface area (Å²) in [5.74, 6) is 3.56. The molecule has 0 spiro atoms. The van der Waals surface area contributed by atoms with Gasteiger partial charge in [-0.3, -0.25) is 0 Å². The first-order chi connectivity index (χ1) is 28.5. The highest BCUT2D eigenvalue weighted by molar-refractivity contribution is 5.97. The second kappa shape index (κ2) is 13.7. The van der Waals surface area contributed by atoms with E-state index in [0.717, 1.165) is 44.9 Å². The van der Waals surface area contributed by atoms with Gasteiger partial charge < -0.3 is 0 Å². The summed E-state index contributed by atoms with van der Waals surface area (Å²) in [6.07, 6.45) is 7.82. The second-order valence-electron chi connectivity index (χ2n) is 17.1. The molecule has 4 bridgehead atoms. The van der Waals surface area contributed by atoms with E-state index in [1.54, 1.807) is 0 Å². The molecule has 58 heavy (non-hydrogen) atoms. The van der Waals surface area contributed by atoms with Gasteiger partial charge in [0.25, 0.3) is 0 Å². The first-order valence-corrected chi connectivity index (χ1v) is 20.7. The molecule has 0 radical (unpaired) electrons. The molecule has 278 valence electrons. The lowest BCUT2D eigenvalue weighted by atomic mass is 9.41. The summed E-state index contributed by atoms with van der Waals surface area (Å²) < 4.78 is 0. The predicted octanol–water partition coefficient (Wildman–Crippen LogP) is 13.0. The largest absolute Gasteiger partial charge is 0.208 e. The van der Waals surface area contributed by atoms with Gasteiger partial charge in [-0.15, -0.1) is 0 Å². The summed E-state index contributed by atoms with van der Waals surface area (Å²) >= 11 is 0. The summed E-state index contributed by atoms with van der Waals surface area (Å²) in [6, 6.07) is 62.8. The van der Waals surface area contributed by atoms with Crippen LogP contribution < -0.4 is 0 Å². The van der Waals surface area contributed by atoms with Crippen molar-refractivity contribution >= 4 is 10.8 Å². The minimum atomic E-state index is 0.225. The summed E-state index contributed by atoms with van der Waals surface area (Å²) in [5.41, 5.74) is 11.8. The van der Waals surface area contributed by atoms with E-state index in [1.165, 1.54) is 66.3 Å². The third-order valence-electron chi connectivity index (χ3n) is 13.5. The van der Waals surface area contributed by atoms with Crippen molar-refractivity contribution < 1.29 is 0 Å². The zero-order valence-electron chi connectivity index (χ0n) is 32.4. The zero-order valence-corrected chi connectivity index (χ0v) is 32.4. The Labute approximate surface area is 340 Å². The lowest BCUT2D eigenvalue weighted by molar-refractivity contribution is -0.0281. The lowest BCUT2D eigenvalue weighted by Crippen LogP contribution is -2.55. The van der Waals surface area contributed by atoms with Crippen LogP contribution in [0, 0.1) is 23.2 Å². The van der Waals surface area contributed by atoms with Gasteiger partial charge in [-0.25, -0.2) is 15.0 Å². The molecule has 4 aliphatic carbocycles. The van der Waals surface area contributed by atoms with Crippen LogP contribution in [0.1, 0.15) is 55.2 Å². The molecule has 0 N–H and O–H groups in total. The number of hydrogen-bond donors (Lipinski definition) is 0. The Balaban J connectivity index is 0.895. The Hall–Kier alpha value is -6.70. The van der Waals surface area contributed by atoms with Crippen molar-refractivity contribution in [2.24, 2.45) is 11.8 Å². The molecule has 4 saturated carbocycles. The van der Waals surface area contributed by atoms with Gasteiger partial charge in [-0.1, -0.05) is 152 Å². The Bertz CT molecular complexity index is 2780. The first-order valence-electron chi connectivity index (χ1n) is 20.7. The first kappa shape index (κ1) is 34.5. The van der Waals surface area contributed by atoms with Crippen LogP contribution in [-0.2, 0) is 10.8 Å². The Morgan fingerprint density at radius 2 is 0.948 bits per heavy atom. The van der Waals surface area contributed by atoms with Gasteiger partial charge in [0.15, 0.2) is 17.5 Å². The number of benzene rings is 7. The molecule has 2 unspecified atom stereocenters. The van der Waals surface area contributed by atoms with E-state index in [-0.39, 0.29) is 10.8 Å². The minimum absolute atomic E-state index is 0.225. The molecule has 0 amide bonds.